The summed E-state index contributed by atoms with van der Waals surface area (Å²) in [5.74, 6) is -0.604. The van der Waals surface area contributed by atoms with Gasteiger partial charge in [0, 0.05) is 24.4 Å². The van der Waals surface area contributed by atoms with Crippen LogP contribution in [0.5, 0.6) is 0 Å². The fourth-order valence-electron chi connectivity index (χ4n) is 3.97. The molecule has 0 aromatic heterocycles. The molecule has 0 bridgehead atoms. The second kappa shape index (κ2) is 8.47. The first kappa shape index (κ1) is 20.1. The Morgan fingerprint density at radius 3 is 2.46 bits per heavy atom. The maximum absolute atomic E-state index is 13.7. The third-order valence-corrected chi connectivity index (χ3v) is 5.88. The number of carbonyl (C=O) groups is 2. The van der Waals surface area contributed by atoms with Crippen molar-refractivity contribution in [2.45, 2.75) is 52.0 Å². The van der Waals surface area contributed by atoms with Crippen molar-refractivity contribution < 1.29 is 14.0 Å². The van der Waals surface area contributed by atoms with Crippen molar-refractivity contribution in [3.8, 4) is 0 Å². The number of benzene rings is 1. The summed E-state index contributed by atoms with van der Waals surface area (Å²) in [6, 6.07) is 6.14. The second-order valence-corrected chi connectivity index (χ2v) is 7.03. The van der Waals surface area contributed by atoms with Crippen LogP contribution < -0.4 is 5.32 Å². The first-order chi connectivity index (χ1) is 12.4. The first-order valence-corrected chi connectivity index (χ1v) is 9.38. The summed E-state index contributed by atoms with van der Waals surface area (Å²) in [5, 5.41) is 2.91. The van der Waals surface area contributed by atoms with Gasteiger partial charge in [0.1, 0.15) is 5.82 Å². The molecule has 0 unspecified atom stereocenters. The molecule has 26 heavy (non-hydrogen) atoms. The van der Waals surface area contributed by atoms with Gasteiger partial charge < -0.3 is 10.2 Å². The van der Waals surface area contributed by atoms with E-state index in [1.54, 1.807) is 6.07 Å². The number of nitrogens with zero attached hydrogens (tertiary/aromatic N) is 1. The Kier molecular flexibility index (Phi) is 6.57. The van der Waals surface area contributed by atoms with E-state index in [0.29, 0.717) is 13.1 Å². The minimum absolute atomic E-state index is 0.127. The molecule has 0 radical (unpaired) electrons. The number of amides is 2. The van der Waals surface area contributed by atoms with Crippen molar-refractivity contribution in [2.75, 3.05) is 13.1 Å². The van der Waals surface area contributed by atoms with E-state index in [0.717, 1.165) is 24.8 Å². The van der Waals surface area contributed by atoms with Gasteiger partial charge in [-0.1, -0.05) is 39.5 Å². The maximum Gasteiger partial charge on any atom is 0.243 e. The number of halogens is 1. The van der Waals surface area contributed by atoms with Gasteiger partial charge >= 0.3 is 0 Å². The second-order valence-electron chi connectivity index (χ2n) is 7.03. The number of likely N-dealkylation sites (tertiary alicyclic amines) is 1. The van der Waals surface area contributed by atoms with E-state index in [2.05, 4.69) is 11.9 Å². The molecule has 142 valence electrons. The van der Waals surface area contributed by atoms with E-state index in [-0.39, 0.29) is 35.0 Å². The molecule has 1 aromatic rings. The van der Waals surface area contributed by atoms with Gasteiger partial charge in [-0.15, -0.1) is 0 Å². The Balaban J connectivity index is 2.31. The molecule has 1 heterocycles. The molecular formula is C21H29FN2O2. The lowest BCUT2D eigenvalue weighted by Crippen LogP contribution is -2.44. The van der Waals surface area contributed by atoms with Crippen LogP contribution in [0.25, 0.3) is 0 Å². The zero-order valence-corrected chi connectivity index (χ0v) is 15.9. The molecule has 0 saturated carbocycles. The third kappa shape index (κ3) is 3.97. The molecule has 0 aliphatic carbocycles. The highest BCUT2D eigenvalue weighted by molar-refractivity contribution is 5.87. The molecule has 5 heteroatoms. The van der Waals surface area contributed by atoms with Crippen molar-refractivity contribution >= 4 is 11.8 Å². The smallest absolute Gasteiger partial charge is 0.243 e. The lowest BCUT2D eigenvalue weighted by Gasteiger charge is -2.33. The van der Waals surface area contributed by atoms with E-state index >= 15 is 0 Å². The summed E-state index contributed by atoms with van der Waals surface area (Å²) in [7, 11) is 0. The number of hydrogen-bond acceptors (Lipinski definition) is 2. The monoisotopic (exact) mass is 360 g/mol. The van der Waals surface area contributed by atoms with Gasteiger partial charge in [-0.25, -0.2) is 4.39 Å². The molecule has 1 aliphatic rings. The molecule has 1 saturated heterocycles. The van der Waals surface area contributed by atoms with Gasteiger partial charge in [0.25, 0.3) is 0 Å². The molecule has 1 aromatic carbocycles. The average molecular weight is 360 g/mol. The molecule has 2 amide bonds. The highest BCUT2D eigenvalue weighted by Gasteiger charge is 2.43. The highest BCUT2D eigenvalue weighted by Crippen LogP contribution is 2.36. The summed E-state index contributed by atoms with van der Waals surface area (Å²) in [4.78, 5) is 26.9. The minimum Gasteiger partial charge on any atom is -0.347 e. The lowest BCUT2D eigenvalue weighted by molar-refractivity contribution is -0.142. The molecule has 1 N–H and O–H groups in total. The van der Waals surface area contributed by atoms with Gasteiger partial charge in [0.05, 0.1) is 6.04 Å². The van der Waals surface area contributed by atoms with Gasteiger partial charge in [0.2, 0.25) is 11.8 Å². The Bertz CT molecular complexity index is 661. The Morgan fingerprint density at radius 1 is 1.27 bits per heavy atom. The van der Waals surface area contributed by atoms with E-state index in [1.807, 2.05) is 31.7 Å². The Morgan fingerprint density at radius 2 is 1.92 bits per heavy atom. The van der Waals surface area contributed by atoms with Gasteiger partial charge in [0.15, 0.2) is 0 Å². The summed E-state index contributed by atoms with van der Waals surface area (Å²) in [6.07, 6.45) is 3.57. The quantitative estimate of drug-likeness (QED) is 0.755. The molecular weight excluding hydrogens is 331 g/mol. The minimum atomic E-state index is -0.371. The highest BCUT2D eigenvalue weighted by atomic mass is 19.1. The standard InChI is InChI=1S/C21H29FN2O2/c1-5-19(25)23-18-14-24(20(26)21(6-2,7-3)8-4)13-17(18)15-10-9-11-16(22)12-15/h5,9-12,17-18H,1,6-8,13-14H2,2-4H3,(H,23,25)/t17-,18+/m0/s1. The zero-order chi connectivity index (χ0) is 19.3. The zero-order valence-electron chi connectivity index (χ0n) is 15.9. The van der Waals surface area contributed by atoms with Crippen LogP contribution >= 0.6 is 0 Å². The van der Waals surface area contributed by atoms with Crippen LogP contribution in [0.2, 0.25) is 0 Å². The first-order valence-electron chi connectivity index (χ1n) is 9.38. The van der Waals surface area contributed by atoms with Crippen LogP contribution in [0, 0.1) is 11.2 Å². The normalized spacial score (nSPS) is 20.1. The van der Waals surface area contributed by atoms with E-state index in [9.17, 15) is 14.0 Å². The molecule has 1 aliphatic heterocycles. The fraction of sp³-hybridized carbons (Fsp3) is 0.524. The van der Waals surface area contributed by atoms with Crippen molar-refractivity contribution in [1.29, 1.82) is 0 Å². The molecule has 1 fully saturated rings. The largest absolute Gasteiger partial charge is 0.347 e. The van der Waals surface area contributed by atoms with E-state index in [1.165, 1.54) is 18.2 Å². The molecule has 2 atom stereocenters. The predicted octanol–water partition coefficient (Wildman–Crippen LogP) is 3.64. The fourth-order valence-corrected chi connectivity index (χ4v) is 3.97. The number of nitrogens with one attached hydrogen (secondary N) is 1. The Labute approximate surface area is 155 Å². The SMILES string of the molecule is C=CC(=O)N[C@@H]1CN(C(=O)C(CC)(CC)CC)C[C@H]1c1cccc(F)c1. The summed E-state index contributed by atoms with van der Waals surface area (Å²) < 4.78 is 13.7. The summed E-state index contributed by atoms with van der Waals surface area (Å²) in [5.41, 5.74) is 0.425. The summed E-state index contributed by atoms with van der Waals surface area (Å²) in [6.45, 7) is 10.5. The van der Waals surface area contributed by atoms with Gasteiger partial charge in [-0.05, 0) is 43.0 Å². The predicted molar refractivity (Wildman–Crippen MR) is 101 cm³/mol. The number of rotatable bonds is 7. The van der Waals surface area contributed by atoms with Crippen LogP contribution in [0.4, 0.5) is 4.39 Å². The van der Waals surface area contributed by atoms with E-state index < -0.39 is 0 Å². The van der Waals surface area contributed by atoms with Gasteiger partial charge in [-0.3, -0.25) is 9.59 Å². The molecule has 0 spiro atoms. The van der Waals surface area contributed by atoms with Crippen molar-refractivity contribution in [3.63, 3.8) is 0 Å². The third-order valence-electron chi connectivity index (χ3n) is 5.88. The number of hydrogen-bond donors (Lipinski definition) is 1. The van der Waals surface area contributed by atoms with Crippen LogP contribution in [-0.2, 0) is 9.59 Å². The van der Waals surface area contributed by atoms with Crippen molar-refractivity contribution in [3.05, 3.63) is 48.3 Å². The average Bonchev–Trinajstić information content (AvgIpc) is 3.07. The van der Waals surface area contributed by atoms with Gasteiger partial charge in [-0.2, -0.15) is 0 Å². The van der Waals surface area contributed by atoms with Crippen LogP contribution in [0.15, 0.2) is 36.9 Å². The molecule has 4 nitrogen and oxygen atoms in total. The maximum atomic E-state index is 13.7. The Hall–Kier alpha value is -2.17. The van der Waals surface area contributed by atoms with Crippen LogP contribution in [0.1, 0.15) is 51.5 Å². The molecule has 2 rings (SSSR count). The van der Waals surface area contributed by atoms with Crippen molar-refractivity contribution in [2.24, 2.45) is 5.41 Å². The number of carbonyl (C=O) groups excluding carboxylic acids is 2. The topological polar surface area (TPSA) is 49.4 Å². The van der Waals surface area contributed by atoms with Crippen molar-refractivity contribution in [1.82, 2.24) is 10.2 Å². The summed E-state index contributed by atoms with van der Waals surface area (Å²) >= 11 is 0. The van der Waals surface area contributed by atoms with E-state index in [4.69, 9.17) is 0 Å². The van der Waals surface area contributed by atoms with Crippen LogP contribution in [-0.4, -0.2) is 35.8 Å². The lowest BCUT2D eigenvalue weighted by atomic mass is 9.78. The van der Waals surface area contributed by atoms with Crippen LogP contribution in [0.3, 0.4) is 0 Å².